The minimum Gasteiger partial charge on any atom is -0.453 e. The Bertz CT molecular complexity index is 1850. The lowest BCUT2D eigenvalue weighted by Gasteiger charge is -2.34. The Morgan fingerprint density at radius 3 is 1.89 bits per heavy atom. The van der Waals surface area contributed by atoms with E-state index < -0.39 is 48.4 Å². The number of aromatic amines is 1. The maximum Gasteiger partial charge on any atom is 0.407 e. The molecule has 3 aromatic rings. The minimum absolute atomic E-state index is 0.0157. The highest BCUT2D eigenvalue weighted by atomic mass is 16.5. The number of benzene rings is 2. The van der Waals surface area contributed by atoms with E-state index >= 15 is 0 Å². The van der Waals surface area contributed by atoms with E-state index in [0.29, 0.717) is 12.4 Å². The van der Waals surface area contributed by atoms with E-state index in [0.717, 1.165) is 46.5 Å². The van der Waals surface area contributed by atoms with Crippen LogP contribution in [0.1, 0.15) is 58.0 Å². The summed E-state index contributed by atoms with van der Waals surface area (Å²) in [5, 5.41) is 15.2. The van der Waals surface area contributed by atoms with Gasteiger partial charge >= 0.3 is 12.2 Å². The van der Waals surface area contributed by atoms with Gasteiger partial charge in [-0.3, -0.25) is 9.59 Å². The number of hydrogen-bond acceptors (Lipinski definition) is 11. The lowest BCUT2D eigenvalue weighted by Crippen LogP contribution is -2.59. The van der Waals surface area contributed by atoms with Gasteiger partial charge < -0.3 is 55.4 Å². The van der Waals surface area contributed by atoms with Crippen LogP contribution in [0.2, 0.25) is 0 Å². The maximum absolute atomic E-state index is 13.6. The van der Waals surface area contributed by atoms with Gasteiger partial charge in [0.05, 0.1) is 56.1 Å². The van der Waals surface area contributed by atoms with Crippen LogP contribution in [0.5, 0.6) is 0 Å². The normalized spacial score (nSPS) is 19.1. The van der Waals surface area contributed by atoms with Crippen LogP contribution in [0.25, 0.3) is 28.1 Å². The lowest BCUT2D eigenvalue weighted by molar-refractivity contribution is -0.138. The molecule has 2 aliphatic rings. The predicted octanol–water partition coefficient (Wildman–Crippen LogP) is 3.88. The summed E-state index contributed by atoms with van der Waals surface area (Å²) in [5.74, 6) is -0.0613. The van der Waals surface area contributed by atoms with Crippen LogP contribution in [-0.4, -0.2) is 110 Å². The van der Waals surface area contributed by atoms with Gasteiger partial charge in [-0.2, -0.15) is 0 Å². The Labute approximate surface area is 327 Å². The number of ether oxygens (including phenoxy) is 4. The van der Waals surface area contributed by atoms with Crippen LogP contribution in [-0.2, 0) is 28.5 Å². The first kappa shape index (κ1) is 41.6. The van der Waals surface area contributed by atoms with Gasteiger partial charge in [0.25, 0.3) is 0 Å². The van der Waals surface area contributed by atoms with E-state index in [4.69, 9.17) is 18.9 Å². The number of likely N-dealkylation sites (tertiary alicyclic amines) is 1. The number of carbonyl (C=O) groups excluding carboxylic acids is 4. The first-order valence-electron chi connectivity index (χ1n) is 18.7. The summed E-state index contributed by atoms with van der Waals surface area (Å²) in [6.07, 6.45) is 2.57. The fraction of sp³-hybridized carbons (Fsp3) is 0.475. The van der Waals surface area contributed by atoms with Crippen molar-refractivity contribution >= 4 is 29.7 Å². The zero-order valence-electron chi connectivity index (χ0n) is 33.2. The monoisotopic (exact) mass is 774 g/mol. The molecule has 0 radical (unpaired) electrons. The predicted molar refractivity (Wildman–Crippen MR) is 210 cm³/mol. The van der Waals surface area contributed by atoms with E-state index in [1.807, 2.05) is 44.3 Å². The van der Waals surface area contributed by atoms with Crippen LogP contribution in [0.4, 0.5) is 9.59 Å². The number of H-pyrrole nitrogens is 1. The van der Waals surface area contributed by atoms with E-state index in [-0.39, 0.29) is 24.0 Å². The molecule has 0 saturated carbocycles. The van der Waals surface area contributed by atoms with Crippen LogP contribution < -0.4 is 26.6 Å². The summed E-state index contributed by atoms with van der Waals surface area (Å²) in [7, 11) is 5.47. The molecule has 3 heterocycles. The molecule has 2 aliphatic heterocycles. The highest BCUT2D eigenvalue weighted by Gasteiger charge is 2.41. The number of imidazole rings is 1. The molecule has 0 spiro atoms. The molecule has 16 nitrogen and oxygen atoms in total. The largest absolute Gasteiger partial charge is 0.453 e. The van der Waals surface area contributed by atoms with Gasteiger partial charge in [0, 0.05) is 27.0 Å². The van der Waals surface area contributed by atoms with E-state index in [1.54, 1.807) is 24.9 Å². The fourth-order valence-corrected chi connectivity index (χ4v) is 6.93. The summed E-state index contributed by atoms with van der Waals surface area (Å²) < 4.78 is 20.2. The standard InChI is InChI=1S/C40H54N8O8/c1-22(2)32(45-37(49)33(23(3)53-5)46-39(51)55-7)36-42-21-30(44-36)28-17-13-26(14-18-28)25-11-15-27(16-12-25)29-20-41-35(43-29)31-10-9-19-48(31)38(50)34(24(4)54-6)47-40(52)56-8/h11-18,20-24,31-35,41,43H,9-10,19H2,1-8H3,(H,42,44)(H,45,49)(H,46,51)(H,47,52)/t23-,24-,31?,32-,33+,34+,35?/m1/s1. The van der Waals surface area contributed by atoms with Crippen molar-refractivity contribution in [1.82, 2.24) is 41.5 Å². The Hall–Kier alpha value is -5.61. The third-order valence-corrected chi connectivity index (χ3v) is 10.4. The Morgan fingerprint density at radius 2 is 1.32 bits per heavy atom. The molecule has 1 aromatic heterocycles. The van der Waals surface area contributed by atoms with Crippen LogP contribution in [0.15, 0.2) is 60.9 Å². The summed E-state index contributed by atoms with van der Waals surface area (Å²) in [4.78, 5) is 60.6. The maximum atomic E-state index is 13.6. The van der Waals surface area contributed by atoms with E-state index in [2.05, 4.69) is 60.8 Å². The second kappa shape index (κ2) is 18.8. The zero-order chi connectivity index (χ0) is 40.5. The third-order valence-electron chi connectivity index (χ3n) is 10.4. The molecule has 2 unspecified atom stereocenters. The van der Waals surface area contributed by atoms with Crippen molar-refractivity contribution < 1.29 is 38.1 Å². The van der Waals surface area contributed by atoms with Gasteiger partial charge in [0.15, 0.2) is 0 Å². The van der Waals surface area contributed by atoms with Crippen LogP contribution in [0, 0.1) is 5.92 Å². The van der Waals surface area contributed by atoms with Crippen LogP contribution >= 0.6 is 0 Å². The van der Waals surface area contributed by atoms with Gasteiger partial charge in [-0.25, -0.2) is 14.6 Å². The van der Waals surface area contributed by atoms with E-state index in [1.165, 1.54) is 28.4 Å². The second-order valence-corrected chi connectivity index (χ2v) is 14.3. The molecule has 56 heavy (non-hydrogen) atoms. The Morgan fingerprint density at radius 1 is 0.768 bits per heavy atom. The average molecular weight is 775 g/mol. The van der Waals surface area contributed by atoms with Crippen molar-refractivity contribution in [2.45, 2.75) is 83.1 Å². The van der Waals surface area contributed by atoms with Crippen LogP contribution in [0.3, 0.4) is 0 Å². The molecule has 16 heteroatoms. The molecular weight excluding hydrogens is 720 g/mol. The van der Waals surface area contributed by atoms with Crippen molar-refractivity contribution in [2.24, 2.45) is 5.92 Å². The van der Waals surface area contributed by atoms with E-state index in [9.17, 15) is 19.2 Å². The van der Waals surface area contributed by atoms with Crippen molar-refractivity contribution in [3.8, 4) is 22.4 Å². The molecule has 1 saturated heterocycles. The van der Waals surface area contributed by atoms with Gasteiger partial charge in [-0.05, 0) is 54.9 Å². The summed E-state index contributed by atoms with van der Waals surface area (Å²) in [5.41, 5.74) is 5.71. The lowest BCUT2D eigenvalue weighted by atomic mass is 10.0. The van der Waals surface area contributed by atoms with Crippen molar-refractivity contribution in [1.29, 1.82) is 0 Å². The molecule has 0 bridgehead atoms. The SMILES string of the molecule is COC(=O)N[C@H](C(=O)N[C@@H](c1ncc(-c2ccc(-c3ccc(C4=CNC(C5CCCN5C(=O)[C@@H](NC(=O)OC)[C@@H](C)OC)N4)cc3)cc2)[nH]1)C(C)C)[C@@H](C)OC. The molecule has 302 valence electrons. The number of hydrogen-bond donors (Lipinski definition) is 6. The Balaban J connectivity index is 1.21. The number of nitrogens with one attached hydrogen (secondary N) is 6. The molecule has 2 aromatic carbocycles. The molecule has 5 rings (SSSR count). The second-order valence-electron chi connectivity index (χ2n) is 14.3. The average Bonchev–Trinajstić information content (AvgIpc) is 4.02. The number of methoxy groups -OCH3 is 4. The number of rotatable bonds is 15. The van der Waals surface area contributed by atoms with Gasteiger partial charge in [0.2, 0.25) is 11.8 Å². The highest BCUT2D eigenvalue weighted by molar-refractivity contribution is 5.87. The van der Waals surface area contributed by atoms with Gasteiger partial charge in [-0.15, -0.1) is 0 Å². The molecule has 0 aliphatic carbocycles. The first-order chi connectivity index (χ1) is 26.9. The first-order valence-corrected chi connectivity index (χ1v) is 18.7. The molecule has 1 fully saturated rings. The Kier molecular flexibility index (Phi) is 14.0. The number of carbonyl (C=O) groups is 4. The number of nitrogens with zero attached hydrogens (tertiary/aromatic N) is 2. The van der Waals surface area contributed by atoms with Crippen molar-refractivity contribution in [3.05, 3.63) is 72.3 Å². The zero-order valence-corrected chi connectivity index (χ0v) is 33.2. The van der Waals surface area contributed by atoms with Crippen molar-refractivity contribution in [3.63, 3.8) is 0 Å². The number of alkyl carbamates (subject to hydrolysis) is 2. The van der Waals surface area contributed by atoms with Gasteiger partial charge in [-0.1, -0.05) is 62.4 Å². The molecule has 7 atom stereocenters. The number of aromatic nitrogens is 2. The molecular formula is C40H54N8O8. The smallest absolute Gasteiger partial charge is 0.407 e. The summed E-state index contributed by atoms with van der Waals surface area (Å²) in [6.45, 7) is 7.96. The fourth-order valence-electron chi connectivity index (χ4n) is 6.93. The summed E-state index contributed by atoms with van der Waals surface area (Å²) >= 11 is 0. The molecule has 4 amide bonds. The quantitative estimate of drug-likeness (QED) is 0.131. The third kappa shape index (κ3) is 9.60. The topological polar surface area (TPSA) is 197 Å². The minimum atomic E-state index is -0.965. The highest BCUT2D eigenvalue weighted by Crippen LogP contribution is 2.29. The van der Waals surface area contributed by atoms with Gasteiger partial charge in [0.1, 0.15) is 24.1 Å². The summed E-state index contributed by atoms with van der Waals surface area (Å²) in [6, 6.07) is 13.9. The molecule has 6 N–H and O–H groups in total. The number of amides is 4. The van der Waals surface area contributed by atoms with Crippen molar-refractivity contribution in [2.75, 3.05) is 35.0 Å².